The molecule has 0 radical (unpaired) electrons. The average molecular weight is 148 g/mol. The van der Waals surface area contributed by atoms with Crippen LogP contribution in [0.4, 0.5) is 0 Å². The van der Waals surface area contributed by atoms with E-state index in [1.54, 1.807) is 0 Å². The van der Waals surface area contributed by atoms with Gasteiger partial charge in [-0.1, -0.05) is 6.07 Å². The van der Waals surface area contributed by atoms with Gasteiger partial charge in [0, 0.05) is 12.4 Å². The molecule has 0 saturated heterocycles. The molecule has 2 rings (SSSR count). The summed E-state index contributed by atoms with van der Waals surface area (Å²) in [6, 6.07) is 4.12. The fourth-order valence-corrected chi connectivity index (χ4v) is 1.51. The molecule has 0 aromatic carbocycles. The summed E-state index contributed by atoms with van der Waals surface area (Å²) in [5, 5.41) is 0. The monoisotopic (exact) mass is 148 g/mol. The first-order valence-electron chi connectivity index (χ1n) is 4.02. The quantitative estimate of drug-likeness (QED) is 0.683. The van der Waals surface area contributed by atoms with E-state index in [0.717, 1.165) is 12.5 Å². The number of hydrogen-bond donors (Lipinski definition) is 1. The van der Waals surface area contributed by atoms with Crippen LogP contribution in [0.3, 0.4) is 0 Å². The van der Waals surface area contributed by atoms with Crippen molar-refractivity contribution in [2.75, 3.05) is 6.54 Å². The van der Waals surface area contributed by atoms with Crippen LogP contribution in [0.25, 0.3) is 0 Å². The van der Waals surface area contributed by atoms with E-state index >= 15 is 0 Å². The molecule has 2 N–H and O–H groups in total. The van der Waals surface area contributed by atoms with E-state index in [0.29, 0.717) is 5.92 Å². The van der Waals surface area contributed by atoms with Crippen LogP contribution in [-0.2, 0) is 0 Å². The molecule has 0 bridgehead atoms. The Morgan fingerprint density at radius 2 is 2.55 bits per heavy atom. The van der Waals surface area contributed by atoms with Crippen molar-refractivity contribution >= 4 is 0 Å². The van der Waals surface area contributed by atoms with E-state index in [9.17, 15) is 0 Å². The maximum absolute atomic E-state index is 5.54. The molecular formula is C9H12N2. The van der Waals surface area contributed by atoms with E-state index in [-0.39, 0.29) is 0 Å². The molecule has 2 unspecified atom stereocenters. The SMILES string of the molecule is NCC1CC1c1cccnc1. The lowest BCUT2D eigenvalue weighted by molar-refractivity contribution is 0.808. The Hall–Kier alpha value is -0.890. The van der Waals surface area contributed by atoms with E-state index in [2.05, 4.69) is 11.1 Å². The third kappa shape index (κ3) is 1.26. The zero-order valence-corrected chi connectivity index (χ0v) is 6.40. The summed E-state index contributed by atoms with van der Waals surface area (Å²) >= 11 is 0. The van der Waals surface area contributed by atoms with Gasteiger partial charge in [0.05, 0.1) is 0 Å². The lowest BCUT2D eigenvalue weighted by Gasteiger charge is -1.95. The number of nitrogens with zero attached hydrogens (tertiary/aromatic N) is 1. The van der Waals surface area contributed by atoms with Crippen molar-refractivity contribution in [3.63, 3.8) is 0 Å². The summed E-state index contributed by atoms with van der Waals surface area (Å²) in [6.45, 7) is 0.819. The van der Waals surface area contributed by atoms with Crippen molar-refractivity contribution in [3.8, 4) is 0 Å². The summed E-state index contributed by atoms with van der Waals surface area (Å²) in [5.41, 5.74) is 6.89. The van der Waals surface area contributed by atoms with Gasteiger partial charge in [0.1, 0.15) is 0 Å². The van der Waals surface area contributed by atoms with E-state index in [1.807, 2.05) is 18.5 Å². The van der Waals surface area contributed by atoms with Crippen molar-refractivity contribution in [2.24, 2.45) is 11.7 Å². The summed E-state index contributed by atoms with van der Waals surface area (Å²) in [4.78, 5) is 4.07. The minimum Gasteiger partial charge on any atom is -0.330 e. The molecule has 1 aliphatic carbocycles. The van der Waals surface area contributed by atoms with Gasteiger partial charge in [-0.2, -0.15) is 0 Å². The molecule has 58 valence electrons. The lowest BCUT2D eigenvalue weighted by Crippen LogP contribution is -2.01. The molecule has 1 aliphatic rings. The van der Waals surface area contributed by atoms with Crippen LogP contribution < -0.4 is 5.73 Å². The van der Waals surface area contributed by atoms with Crippen molar-refractivity contribution in [1.82, 2.24) is 4.98 Å². The summed E-state index contributed by atoms with van der Waals surface area (Å²) < 4.78 is 0. The number of rotatable bonds is 2. The Kier molecular flexibility index (Phi) is 1.62. The summed E-state index contributed by atoms with van der Waals surface area (Å²) in [6.07, 6.45) is 5.01. The Bertz CT molecular complexity index is 233. The molecule has 2 atom stereocenters. The molecular weight excluding hydrogens is 136 g/mol. The molecule has 1 aromatic heterocycles. The third-order valence-corrected chi connectivity index (χ3v) is 2.34. The maximum Gasteiger partial charge on any atom is 0.0302 e. The highest BCUT2D eigenvalue weighted by Gasteiger charge is 2.36. The molecule has 2 heteroatoms. The maximum atomic E-state index is 5.54. The first-order chi connectivity index (χ1) is 5.42. The molecule has 1 heterocycles. The van der Waals surface area contributed by atoms with Crippen LogP contribution in [0.5, 0.6) is 0 Å². The molecule has 11 heavy (non-hydrogen) atoms. The summed E-state index contributed by atoms with van der Waals surface area (Å²) in [7, 11) is 0. The number of hydrogen-bond acceptors (Lipinski definition) is 2. The second kappa shape index (κ2) is 2.62. The van der Waals surface area contributed by atoms with Gasteiger partial charge in [0.2, 0.25) is 0 Å². The van der Waals surface area contributed by atoms with Gasteiger partial charge in [0.25, 0.3) is 0 Å². The second-order valence-electron chi connectivity index (χ2n) is 3.12. The molecule has 1 saturated carbocycles. The minimum atomic E-state index is 0.702. The molecule has 0 aliphatic heterocycles. The van der Waals surface area contributed by atoms with Crippen molar-refractivity contribution in [3.05, 3.63) is 30.1 Å². The normalized spacial score (nSPS) is 28.5. The van der Waals surface area contributed by atoms with Gasteiger partial charge in [-0.15, -0.1) is 0 Å². The van der Waals surface area contributed by atoms with Crippen LogP contribution in [0.15, 0.2) is 24.5 Å². The smallest absolute Gasteiger partial charge is 0.0302 e. The third-order valence-electron chi connectivity index (χ3n) is 2.34. The van der Waals surface area contributed by atoms with Gasteiger partial charge in [-0.25, -0.2) is 0 Å². The standard InChI is InChI=1S/C9H12N2/c10-5-8-4-9(8)7-2-1-3-11-6-7/h1-3,6,8-9H,4-5,10H2. The molecule has 2 nitrogen and oxygen atoms in total. The summed E-state index contributed by atoms with van der Waals surface area (Å²) in [5.74, 6) is 1.42. The zero-order valence-electron chi connectivity index (χ0n) is 6.40. The first kappa shape index (κ1) is 6.80. The first-order valence-corrected chi connectivity index (χ1v) is 4.02. The lowest BCUT2D eigenvalue weighted by atomic mass is 10.1. The van der Waals surface area contributed by atoms with Crippen LogP contribution in [0, 0.1) is 5.92 Å². The molecule has 0 amide bonds. The van der Waals surface area contributed by atoms with Crippen LogP contribution in [-0.4, -0.2) is 11.5 Å². The highest BCUT2D eigenvalue weighted by Crippen LogP contribution is 2.46. The second-order valence-corrected chi connectivity index (χ2v) is 3.12. The molecule has 0 spiro atoms. The van der Waals surface area contributed by atoms with Crippen molar-refractivity contribution in [2.45, 2.75) is 12.3 Å². The average Bonchev–Trinajstić information content (AvgIpc) is 2.85. The van der Waals surface area contributed by atoms with Gasteiger partial charge < -0.3 is 5.73 Å². The predicted molar refractivity (Wildman–Crippen MR) is 44.1 cm³/mol. The van der Waals surface area contributed by atoms with Gasteiger partial charge >= 0.3 is 0 Å². The fourth-order valence-electron chi connectivity index (χ4n) is 1.51. The molecule has 1 aromatic rings. The number of pyridine rings is 1. The highest BCUT2D eigenvalue weighted by atomic mass is 14.6. The van der Waals surface area contributed by atoms with Gasteiger partial charge in [0.15, 0.2) is 0 Å². The van der Waals surface area contributed by atoms with E-state index < -0.39 is 0 Å². The van der Waals surface area contributed by atoms with E-state index in [4.69, 9.17) is 5.73 Å². The Morgan fingerprint density at radius 1 is 1.64 bits per heavy atom. The van der Waals surface area contributed by atoms with Gasteiger partial charge in [-0.3, -0.25) is 4.98 Å². The zero-order chi connectivity index (χ0) is 7.68. The van der Waals surface area contributed by atoms with Crippen LogP contribution >= 0.6 is 0 Å². The highest BCUT2D eigenvalue weighted by molar-refractivity contribution is 5.22. The van der Waals surface area contributed by atoms with Crippen LogP contribution in [0.2, 0.25) is 0 Å². The van der Waals surface area contributed by atoms with Crippen molar-refractivity contribution in [1.29, 1.82) is 0 Å². The number of nitrogens with two attached hydrogens (primary N) is 1. The van der Waals surface area contributed by atoms with Crippen molar-refractivity contribution < 1.29 is 0 Å². The Balaban J connectivity index is 2.09. The van der Waals surface area contributed by atoms with Crippen LogP contribution in [0.1, 0.15) is 17.9 Å². The fraction of sp³-hybridized carbons (Fsp3) is 0.444. The Morgan fingerprint density at radius 3 is 3.09 bits per heavy atom. The minimum absolute atomic E-state index is 0.702. The largest absolute Gasteiger partial charge is 0.330 e. The number of aromatic nitrogens is 1. The predicted octanol–water partition coefficient (Wildman–Crippen LogP) is 1.14. The van der Waals surface area contributed by atoms with Gasteiger partial charge in [-0.05, 0) is 36.4 Å². The molecule has 1 fully saturated rings. The Labute approximate surface area is 66.4 Å². The topological polar surface area (TPSA) is 38.9 Å². The van der Waals surface area contributed by atoms with E-state index in [1.165, 1.54) is 12.0 Å².